The zero-order chi connectivity index (χ0) is 16.4. The Labute approximate surface area is 139 Å². The topological polar surface area (TPSA) is 64.0 Å². The first-order valence-corrected chi connectivity index (χ1v) is 8.79. The predicted molar refractivity (Wildman–Crippen MR) is 89.9 cm³/mol. The van der Waals surface area contributed by atoms with Crippen LogP contribution in [0.2, 0.25) is 0 Å². The molecule has 0 unspecified atom stereocenters. The van der Waals surface area contributed by atoms with Crippen molar-refractivity contribution in [1.29, 1.82) is 0 Å². The van der Waals surface area contributed by atoms with E-state index in [1.165, 1.54) is 18.3 Å². The number of carbonyl (C=O) groups is 2. The lowest BCUT2D eigenvalue weighted by Gasteiger charge is -2.18. The summed E-state index contributed by atoms with van der Waals surface area (Å²) < 4.78 is 2.19. The van der Waals surface area contributed by atoms with Gasteiger partial charge in [-0.1, -0.05) is 6.92 Å². The van der Waals surface area contributed by atoms with Crippen LogP contribution in [0.5, 0.6) is 0 Å². The van der Waals surface area contributed by atoms with E-state index in [1.807, 2.05) is 12.4 Å². The third-order valence-electron chi connectivity index (χ3n) is 4.41. The minimum Gasteiger partial charge on any atom is -0.351 e. The molecule has 0 aromatic carbocycles. The maximum atomic E-state index is 12.2. The van der Waals surface area contributed by atoms with Gasteiger partial charge in [0.2, 0.25) is 0 Å². The molecule has 2 aromatic heterocycles. The number of ketones is 1. The number of Topliss-reactive ketones (excluding diaryl/α,β-unsaturated/α-hetero) is 1. The SMILES string of the molecule is CCc1nccn1CC1(CNC(=O)c2csc(C(C)=O)c2)CC1. The Balaban J connectivity index is 1.59. The lowest BCUT2D eigenvalue weighted by molar-refractivity contribution is 0.0943. The number of hydrogen-bond acceptors (Lipinski definition) is 4. The highest BCUT2D eigenvalue weighted by Crippen LogP contribution is 2.46. The summed E-state index contributed by atoms with van der Waals surface area (Å²) in [6.07, 6.45) is 7.01. The second-order valence-electron chi connectivity index (χ2n) is 6.26. The molecule has 0 radical (unpaired) electrons. The third-order valence-corrected chi connectivity index (χ3v) is 5.44. The van der Waals surface area contributed by atoms with Crippen LogP contribution < -0.4 is 5.32 Å². The fourth-order valence-corrected chi connectivity index (χ4v) is 3.53. The first-order chi connectivity index (χ1) is 11.0. The summed E-state index contributed by atoms with van der Waals surface area (Å²) in [7, 11) is 0. The van der Waals surface area contributed by atoms with Crippen LogP contribution in [0.1, 0.15) is 52.5 Å². The third kappa shape index (κ3) is 3.52. The Morgan fingerprint density at radius 2 is 2.22 bits per heavy atom. The molecule has 1 aliphatic carbocycles. The summed E-state index contributed by atoms with van der Waals surface area (Å²) in [5, 5.41) is 4.77. The molecule has 122 valence electrons. The number of nitrogens with one attached hydrogen (secondary N) is 1. The van der Waals surface area contributed by atoms with Crippen molar-refractivity contribution >= 4 is 23.0 Å². The smallest absolute Gasteiger partial charge is 0.252 e. The average molecular weight is 331 g/mol. The summed E-state index contributed by atoms with van der Waals surface area (Å²) >= 11 is 1.32. The summed E-state index contributed by atoms with van der Waals surface area (Å²) in [5.74, 6) is 0.993. The van der Waals surface area contributed by atoms with Gasteiger partial charge in [0.25, 0.3) is 5.91 Å². The van der Waals surface area contributed by atoms with Gasteiger partial charge < -0.3 is 9.88 Å². The van der Waals surface area contributed by atoms with Crippen LogP contribution in [0.25, 0.3) is 0 Å². The molecule has 1 saturated carbocycles. The van der Waals surface area contributed by atoms with E-state index in [0.717, 1.165) is 31.6 Å². The quantitative estimate of drug-likeness (QED) is 0.794. The molecule has 0 saturated heterocycles. The van der Waals surface area contributed by atoms with Gasteiger partial charge in [-0.25, -0.2) is 4.98 Å². The molecule has 1 amide bonds. The monoisotopic (exact) mass is 331 g/mol. The van der Waals surface area contributed by atoms with E-state index in [4.69, 9.17) is 0 Å². The number of nitrogens with zero attached hydrogens (tertiary/aromatic N) is 2. The molecular weight excluding hydrogens is 310 g/mol. The fraction of sp³-hybridized carbons (Fsp3) is 0.471. The van der Waals surface area contributed by atoms with E-state index in [9.17, 15) is 9.59 Å². The van der Waals surface area contributed by atoms with Crippen LogP contribution in [-0.4, -0.2) is 27.8 Å². The molecular formula is C17H21N3O2S. The van der Waals surface area contributed by atoms with Gasteiger partial charge in [-0.2, -0.15) is 0 Å². The Morgan fingerprint density at radius 3 is 2.83 bits per heavy atom. The average Bonchev–Trinajstić information content (AvgIpc) is 2.95. The summed E-state index contributed by atoms with van der Waals surface area (Å²) in [5.41, 5.74) is 0.729. The number of aryl methyl sites for hydroxylation is 1. The Hall–Kier alpha value is -1.95. The van der Waals surface area contributed by atoms with Crippen molar-refractivity contribution in [2.45, 2.75) is 39.7 Å². The second kappa shape index (κ2) is 6.28. The normalized spacial score (nSPS) is 15.4. The predicted octanol–water partition coefficient (Wildman–Crippen LogP) is 2.92. The Bertz CT molecular complexity index is 728. The number of hydrogen-bond donors (Lipinski definition) is 1. The van der Waals surface area contributed by atoms with Gasteiger partial charge in [0.05, 0.1) is 10.4 Å². The van der Waals surface area contributed by atoms with Crippen molar-refractivity contribution < 1.29 is 9.59 Å². The highest BCUT2D eigenvalue weighted by molar-refractivity contribution is 7.12. The van der Waals surface area contributed by atoms with Crippen molar-refractivity contribution in [3.63, 3.8) is 0 Å². The minimum atomic E-state index is -0.0960. The van der Waals surface area contributed by atoms with E-state index < -0.39 is 0 Å². The molecule has 23 heavy (non-hydrogen) atoms. The van der Waals surface area contributed by atoms with Crippen LogP contribution in [0.15, 0.2) is 23.8 Å². The Kier molecular flexibility index (Phi) is 4.35. The molecule has 0 atom stereocenters. The van der Waals surface area contributed by atoms with E-state index in [-0.39, 0.29) is 17.1 Å². The number of rotatable bonds is 7. The molecule has 5 nitrogen and oxygen atoms in total. The lowest BCUT2D eigenvalue weighted by Crippen LogP contribution is -2.32. The molecule has 2 heterocycles. The van der Waals surface area contributed by atoms with Gasteiger partial charge in [-0.3, -0.25) is 9.59 Å². The standard InChI is InChI=1S/C17H21N3O2S/c1-3-15-18-6-7-20(15)11-17(4-5-17)10-19-16(22)13-8-14(12(2)21)23-9-13/h6-9H,3-5,10-11H2,1-2H3,(H,19,22). The first kappa shape index (κ1) is 15.9. The number of thiophene rings is 1. The highest BCUT2D eigenvalue weighted by Gasteiger charge is 2.43. The van der Waals surface area contributed by atoms with Gasteiger partial charge in [-0.05, 0) is 25.8 Å². The summed E-state index contributed by atoms with van der Waals surface area (Å²) in [4.78, 5) is 28.5. The zero-order valence-corrected chi connectivity index (χ0v) is 14.3. The van der Waals surface area contributed by atoms with Crippen LogP contribution in [0, 0.1) is 5.41 Å². The van der Waals surface area contributed by atoms with Gasteiger partial charge in [0.1, 0.15) is 5.82 Å². The largest absolute Gasteiger partial charge is 0.351 e. The van der Waals surface area contributed by atoms with E-state index >= 15 is 0 Å². The van der Waals surface area contributed by atoms with Crippen LogP contribution >= 0.6 is 11.3 Å². The maximum Gasteiger partial charge on any atom is 0.252 e. The van der Waals surface area contributed by atoms with Crippen molar-refractivity contribution in [2.75, 3.05) is 6.54 Å². The molecule has 1 aliphatic rings. The molecule has 0 aliphatic heterocycles. The van der Waals surface area contributed by atoms with Gasteiger partial charge in [0, 0.05) is 42.7 Å². The number of carbonyl (C=O) groups excluding carboxylic acids is 2. The van der Waals surface area contributed by atoms with E-state index in [1.54, 1.807) is 11.4 Å². The van der Waals surface area contributed by atoms with Gasteiger partial charge >= 0.3 is 0 Å². The van der Waals surface area contributed by atoms with Gasteiger partial charge in [0.15, 0.2) is 5.78 Å². The van der Waals surface area contributed by atoms with E-state index in [2.05, 4.69) is 21.8 Å². The van der Waals surface area contributed by atoms with Crippen LogP contribution in [0.4, 0.5) is 0 Å². The van der Waals surface area contributed by atoms with E-state index in [0.29, 0.717) is 17.0 Å². The first-order valence-electron chi connectivity index (χ1n) is 7.91. The number of imidazole rings is 1. The molecule has 0 bridgehead atoms. The minimum absolute atomic E-state index is 0.0000778. The molecule has 1 N–H and O–H groups in total. The lowest BCUT2D eigenvalue weighted by atomic mass is 10.1. The van der Waals surface area contributed by atoms with Crippen molar-refractivity contribution in [2.24, 2.45) is 5.41 Å². The molecule has 0 spiro atoms. The molecule has 1 fully saturated rings. The highest BCUT2D eigenvalue weighted by atomic mass is 32.1. The molecule has 3 rings (SSSR count). The van der Waals surface area contributed by atoms with Crippen molar-refractivity contribution in [3.05, 3.63) is 40.1 Å². The second-order valence-corrected chi connectivity index (χ2v) is 7.17. The molecule has 6 heteroatoms. The Morgan fingerprint density at radius 1 is 1.43 bits per heavy atom. The van der Waals surface area contributed by atoms with Crippen LogP contribution in [-0.2, 0) is 13.0 Å². The summed E-state index contributed by atoms with van der Waals surface area (Å²) in [6.45, 7) is 5.18. The summed E-state index contributed by atoms with van der Waals surface area (Å²) in [6, 6.07) is 1.67. The van der Waals surface area contributed by atoms with Crippen LogP contribution in [0.3, 0.4) is 0 Å². The molecule has 2 aromatic rings. The zero-order valence-electron chi connectivity index (χ0n) is 13.5. The fourth-order valence-electron chi connectivity index (χ4n) is 2.74. The number of amides is 1. The van der Waals surface area contributed by atoms with Crippen molar-refractivity contribution in [3.8, 4) is 0 Å². The number of aromatic nitrogens is 2. The van der Waals surface area contributed by atoms with Crippen molar-refractivity contribution in [1.82, 2.24) is 14.9 Å². The maximum absolute atomic E-state index is 12.2. The van der Waals surface area contributed by atoms with Gasteiger partial charge in [-0.15, -0.1) is 11.3 Å².